The molecule has 1 heterocycles. The van der Waals surface area contributed by atoms with Crippen molar-refractivity contribution in [3.05, 3.63) is 46.9 Å². The van der Waals surface area contributed by atoms with Gasteiger partial charge in [-0.1, -0.05) is 17.7 Å². The average molecular weight is 597 g/mol. The van der Waals surface area contributed by atoms with Crippen molar-refractivity contribution < 1.29 is 45.0 Å². The molecule has 3 rings (SSSR count). The van der Waals surface area contributed by atoms with Gasteiger partial charge in [0.2, 0.25) is 0 Å². The van der Waals surface area contributed by atoms with E-state index in [1.54, 1.807) is 0 Å². The van der Waals surface area contributed by atoms with Crippen LogP contribution >= 0.6 is 11.6 Å². The van der Waals surface area contributed by atoms with Gasteiger partial charge in [-0.3, -0.25) is 15.1 Å². The Labute approximate surface area is 227 Å². The summed E-state index contributed by atoms with van der Waals surface area (Å²) in [6.45, 7) is -4.07. The molecule has 17 heteroatoms. The van der Waals surface area contributed by atoms with E-state index in [0.29, 0.717) is 17.5 Å². The van der Waals surface area contributed by atoms with E-state index < -0.39 is 47.4 Å². The molecule has 1 fully saturated rings. The molecule has 0 unspecified atom stereocenters. The van der Waals surface area contributed by atoms with Crippen LogP contribution < -0.4 is 5.32 Å². The van der Waals surface area contributed by atoms with Crippen LogP contribution in [0, 0.1) is 16.7 Å². The Balaban J connectivity index is 2.06. The number of carbonyl (C=O) groups excluding carboxylic acids is 1. The topological polar surface area (TPSA) is 116 Å². The molecule has 216 valence electrons. The van der Waals surface area contributed by atoms with E-state index in [9.17, 15) is 40.8 Å². The van der Waals surface area contributed by atoms with Crippen LogP contribution in [0.3, 0.4) is 0 Å². The van der Waals surface area contributed by atoms with Crippen LogP contribution in [0.15, 0.2) is 36.4 Å². The van der Waals surface area contributed by atoms with Gasteiger partial charge in [0, 0.05) is 25.9 Å². The summed E-state index contributed by atoms with van der Waals surface area (Å²) >= 11 is 6.24. The van der Waals surface area contributed by atoms with Gasteiger partial charge in [-0.2, -0.15) is 41.1 Å². The van der Waals surface area contributed by atoms with Gasteiger partial charge in [0.15, 0.2) is 17.3 Å². The van der Waals surface area contributed by atoms with E-state index >= 15 is 0 Å². The number of rotatable bonds is 11. The second kappa shape index (κ2) is 11.3. The van der Waals surface area contributed by atoms with Gasteiger partial charge in [-0.15, -0.1) is 0 Å². The third kappa shape index (κ3) is 5.85. The summed E-state index contributed by atoms with van der Waals surface area (Å²) in [6, 6.07) is 6.17. The van der Waals surface area contributed by atoms with E-state index in [1.807, 2.05) is 0 Å². The predicted octanol–water partition coefficient (Wildman–Crippen LogP) is 5.11. The lowest BCUT2D eigenvalue weighted by atomic mass is 10.0. The Kier molecular flexibility index (Phi) is 8.70. The molecule has 2 aromatic rings. The third-order valence-electron chi connectivity index (χ3n) is 5.85. The van der Waals surface area contributed by atoms with Crippen molar-refractivity contribution >= 4 is 29.0 Å². The SMILES string of the molecule is CN/C(=C(/OC(F)F)C(=N)C(F)(F)C(F)(F)F)n1cc(-c2ccc(Cl)c(C(=O)N(COC)C3(C#N)CC3)c2)cn1. The Hall–Kier alpha value is -3.84. The molecule has 1 aromatic carbocycles. The number of methoxy groups -OCH3 is 1. The number of carbonyl (C=O) groups is 1. The molecule has 0 saturated heterocycles. The minimum atomic E-state index is -6.28. The molecular weight excluding hydrogens is 577 g/mol. The number of nitriles is 1. The van der Waals surface area contributed by atoms with E-state index in [0.717, 1.165) is 19.4 Å². The number of aromatic nitrogens is 2. The fourth-order valence-electron chi connectivity index (χ4n) is 3.61. The molecule has 0 aliphatic heterocycles. The highest BCUT2D eigenvalue weighted by Gasteiger charge is 2.62. The van der Waals surface area contributed by atoms with Crippen LogP contribution in [0.2, 0.25) is 5.02 Å². The van der Waals surface area contributed by atoms with Crippen molar-refractivity contribution in [1.29, 1.82) is 10.7 Å². The molecule has 1 saturated carbocycles. The van der Waals surface area contributed by atoms with Crippen molar-refractivity contribution in [3.63, 3.8) is 0 Å². The number of ether oxygens (including phenoxy) is 2. The highest BCUT2D eigenvalue weighted by atomic mass is 35.5. The number of hydrogen-bond donors (Lipinski definition) is 2. The van der Waals surface area contributed by atoms with Crippen LogP contribution in [0.4, 0.5) is 30.7 Å². The van der Waals surface area contributed by atoms with Crippen molar-refractivity contribution in [2.45, 2.75) is 37.1 Å². The maximum Gasteiger partial charge on any atom is 0.459 e. The average Bonchev–Trinajstić information content (AvgIpc) is 3.53. The minimum absolute atomic E-state index is 0.0160. The predicted molar refractivity (Wildman–Crippen MR) is 126 cm³/mol. The molecule has 1 aliphatic carbocycles. The molecule has 1 amide bonds. The van der Waals surface area contributed by atoms with Gasteiger partial charge in [0.1, 0.15) is 12.3 Å². The van der Waals surface area contributed by atoms with Gasteiger partial charge < -0.3 is 14.8 Å². The fourth-order valence-corrected chi connectivity index (χ4v) is 3.81. The second-order valence-corrected chi connectivity index (χ2v) is 8.82. The summed E-state index contributed by atoms with van der Waals surface area (Å²) < 4.78 is 102. The first-order valence-corrected chi connectivity index (χ1v) is 11.5. The molecule has 0 spiro atoms. The van der Waals surface area contributed by atoms with Crippen LogP contribution in [0.5, 0.6) is 0 Å². The van der Waals surface area contributed by atoms with Gasteiger partial charge in [-0.25, -0.2) is 4.68 Å². The van der Waals surface area contributed by atoms with Crippen LogP contribution in [-0.4, -0.2) is 71.4 Å². The highest BCUT2D eigenvalue weighted by Crippen LogP contribution is 2.43. The zero-order valence-electron chi connectivity index (χ0n) is 20.6. The lowest BCUT2D eigenvalue weighted by molar-refractivity contribution is -0.250. The maximum atomic E-state index is 13.9. The number of benzene rings is 1. The number of nitrogens with zero attached hydrogens (tertiary/aromatic N) is 4. The largest absolute Gasteiger partial charge is 0.459 e. The summed E-state index contributed by atoms with van der Waals surface area (Å²) in [4.78, 5) is 14.5. The zero-order valence-corrected chi connectivity index (χ0v) is 21.4. The summed E-state index contributed by atoms with van der Waals surface area (Å²) in [5, 5.41) is 22.8. The van der Waals surface area contributed by atoms with Gasteiger partial charge >= 0.3 is 18.7 Å². The second-order valence-electron chi connectivity index (χ2n) is 8.42. The minimum Gasteiger partial charge on any atom is -0.429 e. The molecule has 2 N–H and O–H groups in total. The number of nitrogens with one attached hydrogen (secondary N) is 2. The van der Waals surface area contributed by atoms with Crippen molar-refractivity contribution in [2.75, 3.05) is 20.9 Å². The molecule has 0 atom stereocenters. The Morgan fingerprint density at radius 1 is 1.30 bits per heavy atom. The zero-order chi connectivity index (χ0) is 30.0. The van der Waals surface area contributed by atoms with Crippen LogP contribution in [0.1, 0.15) is 23.2 Å². The van der Waals surface area contributed by atoms with Crippen molar-refractivity contribution in [2.24, 2.45) is 0 Å². The van der Waals surface area contributed by atoms with Gasteiger partial charge in [0.25, 0.3) is 5.91 Å². The quantitative estimate of drug-likeness (QED) is 0.161. The van der Waals surface area contributed by atoms with Gasteiger partial charge in [0.05, 0.1) is 22.9 Å². The number of amides is 1. The summed E-state index contributed by atoms with van der Waals surface area (Å²) in [5.74, 6) is -9.20. The van der Waals surface area contributed by atoms with E-state index in [1.165, 1.54) is 30.2 Å². The molecule has 1 aliphatic rings. The van der Waals surface area contributed by atoms with E-state index in [4.69, 9.17) is 21.7 Å². The summed E-state index contributed by atoms with van der Waals surface area (Å²) in [7, 11) is 2.33. The van der Waals surface area contributed by atoms with E-state index in [-0.39, 0.29) is 28.4 Å². The van der Waals surface area contributed by atoms with Crippen molar-refractivity contribution in [3.8, 4) is 17.2 Å². The standard InChI is InChI=1S/C23H20ClF7N6O3/c1-34-18(16(40-20(25)26)17(33)22(27,28)23(29,30)31)37-9-13(8-35-37)12-3-4-15(24)14(7-12)19(38)36(11-39-2)21(10-32)5-6-21/h3-4,7-9,20,33-34H,5-6,11H2,1-2H3/b18-16-,33-17?. The Morgan fingerprint density at radius 3 is 2.45 bits per heavy atom. The van der Waals surface area contributed by atoms with E-state index in [2.05, 4.69) is 21.2 Å². The lowest BCUT2D eigenvalue weighted by Crippen LogP contribution is -2.45. The summed E-state index contributed by atoms with van der Waals surface area (Å²) in [6.07, 6.45) is -3.30. The molecular formula is C23H20ClF7N6O3. The number of halogens is 8. The van der Waals surface area contributed by atoms with Gasteiger partial charge in [-0.05, 0) is 30.5 Å². The first-order chi connectivity index (χ1) is 18.6. The monoisotopic (exact) mass is 596 g/mol. The normalized spacial score (nSPS) is 15.2. The summed E-state index contributed by atoms with van der Waals surface area (Å²) in [5.41, 5.74) is -3.29. The first kappa shape index (κ1) is 30.7. The number of hydrogen-bond acceptors (Lipinski definition) is 7. The molecule has 9 nitrogen and oxygen atoms in total. The highest BCUT2D eigenvalue weighted by molar-refractivity contribution is 6.34. The van der Waals surface area contributed by atoms with Crippen LogP contribution in [0.25, 0.3) is 16.9 Å². The molecule has 0 radical (unpaired) electrons. The molecule has 0 bridgehead atoms. The lowest BCUT2D eigenvalue weighted by Gasteiger charge is -2.27. The smallest absolute Gasteiger partial charge is 0.429 e. The molecule has 40 heavy (non-hydrogen) atoms. The number of allylic oxidation sites excluding steroid dienone is 1. The third-order valence-corrected chi connectivity index (χ3v) is 6.18. The van der Waals surface area contributed by atoms with Crippen LogP contribution in [-0.2, 0) is 9.47 Å². The first-order valence-electron chi connectivity index (χ1n) is 11.1. The maximum absolute atomic E-state index is 13.9. The molecule has 1 aromatic heterocycles. The Morgan fingerprint density at radius 2 is 1.95 bits per heavy atom. The van der Waals surface area contributed by atoms with Crippen molar-refractivity contribution in [1.82, 2.24) is 20.0 Å². The fraction of sp³-hybridized carbons (Fsp3) is 0.391. The Bertz CT molecular complexity index is 1370. The number of alkyl halides is 7.